The van der Waals surface area contributed by atoms with Crippen LogP contribution < -0.4 is 5.32 Å². The SMILES string of the molecule is CNC(C)C(C)(C)c1ccccc1. The quantitative estimate of drug-likeness (QED) is 0.748. The van der Waals surface area contributed by atoms with Crippen molar-refractivity contribution in [3.05, 3.63) is 35.9 Å². The highest BCUT2D eigenvalue weighted by Crippen LogP contribution is 2.26. The van der Waals surface area contributed by atoms with E-state index in [0.717, 1.165) is 0 Å². The third-order valence-corrected chi connectivity index (χ3v) is 3.03. The maximum atomic E-state index is 3.30. The summed E-state index contributed by atoms with van der Waals surface area (Å²) in [7, 11) is 2.01. The number of hydrogen-bond donors (Lipinski definition) is 1. The van der Waals surface area contributed by atoms with Crippen LogP contribution in [0.1, 0.15) is 26.3 Å². The van der Waals surface area contributed by atoms with Crippen molar-refractivity contribution in [2.24, 2.45) is 0 Å². The first-order valence-corrected chi connectivity index (χ1v) is 4.82. The largest absolute Gasteiger partial charge is 0.316 e. The van der Waals surface area contributed by atoms with Gasteiger partial charge in [0.2, 0.25) is 0 Å². The summed E-state index contributed by atoms with van der Waals surface area (Å²) >= 11 is 0. The minimum absolute atomic E-state index is 0.190. The Morgan fingerprint density at radius 2 is 1.69 bits per heavy atom. The van der Waals surface area contributed by atoms with Crippen molar-refractivity contribution in [3.8, 4) is 0 Å². The molecule has 0 fully saturated rings. The molecule has 0 radical (unpaired) electrons. The van der Waals surface area contributed by atoms with E-state index in [1.165, 1.54) is 5.56 Å². The van der Waals surface area contributed by atoms with E-state index in [-0.39, 0.29) is 5.41 Å². The Labute approximate surface area is 81.2 Å². The van der Waals surface area contributed by atoms with Crippen LogP contribution in [-0.4, -0.2) is 13.1 Å². The molecule has 1 aromatic rings. The van der Waals surface area contributed by atoms with Crippen LogP contribution in [0.2, 0.25) is 0 Å². The summed E-state index contributed by atoms with van der Waals surface area (Å²) in [4.78, 5) is 0. The minimum Gasteiger partial charge on any atom is -0.316 e. The molecule has 0 aromatic heterocycles. The van der Waals surface area contributed by atoms with Crippen molar-refractivity contribution in [1.29, 1.82) is 0 Å². The van der Waals surface area contributed by atoms with Gasteiger partial charge in [0.25, 0.3) is 0 Å². The molecule has 1 unspecified atom stereocenters. The second-order valence-electron chi connectivity index (χ2n) is 4.10. The van der Waals surface area contributed by atoms with E-state index >= 15 is 0 Å². The Morgan fingerprint density at radius 3 is 2.15 bits per heavy atom. The molecule has 1 aromatic carbocycles. The van der Waals surface area contributed by atoms with Gasteiger partial charge in [0.05, 0.1) is 0 Å². The number of likely N-dealkylation sites (N-methyl/N-ethyl adjacent to an activating group) is 1. The van der Waals surface area contributed by atoms with E-state index in [1.807, 2.05) is 7.05 Å². The van der Waals surface area contributed by atoms with E-state index in [0.29, 0.717) is 6.04 Å². The highest BCUT2D eigenvalue weighted by molar-refractivity contribution is 5.25. The Kier molecular flexibility index (Phi) is 3.10. The third-order valence-electron chi connectivity index (χ3n) is 3.03. The van der Waals surface area contributed by atoms with E-state index in [2.05, 4.69) is 56.4 Å². The molecule has 0 spiro atoms. The lowest BCUT2D eigenvalue weighted by molar-refractivity contribution is 0.383. The van der Waals surface area contributed by atoms with Gasteiger partial charge in [0.1, 0.15) is 0 Å². The molecule has 0 aliphatic rings. The molecule has 0 aliphatic heterocycles. The number of benzene rings is 1. The van der Waals surface area contributed by atoms with Crippen LogP contribution in [0.15, 0.2) is 30.3 Å². The lowest BCUT2D eigenvalue weighted by atomic mass is 9.78. The zero-order chi connectivity index (χ0) is 9.90. The van der Waals surface area contributed by atoms with Crippen molar-refractivity contribution in [1.82, 2.24) is 5.32 Å². The highest BCUT2D eigenvalue weighted by Gasteiger charge is 2.26. The van der Waals surface area contributed by atoms with Crippen LogP contribution in [0.3, 0.4) is 0 Å². The first kappa shape index (κ1) is 10.3. The van der Waals surface area contributed by atoms with Crippen LogP contribution in [0.5, 0.6) is 0 Å². The maximum absolute atomic E-state index is 3.30. The standard InChI is InChI=1S/C12H19N/c1-10(13-4)12(2,3)11-8-6-5-7-9-11/h5-10,13H,1-4H3. The predicted molar refractivity (Wildman–Crippen MR) is 58.0 cm³/mol. The van der Waals surface area contributed by atoms with Crippen molar-refractivity contribution >= 4 is 0 Å². The van der Waals surface area contributed by atoms with Crippen LogP contribution in [-0.2, 0) is 5.41 Å². The van der Waals surface area contributed by atoms with E-state index in [1.54, 1.807) is 0 Å². The van der Waals surface area contributed by atoms with E-state index < -0.39 is 0 Å². The molecular formula is C12H19N. The fraction of sp³-hybridized carbons (Fsp3) is 0.500. The van der Waals surface area contributed by atoms with Gasteiger partial charge < -0.3 is 5.32 Å². The molecule has 13 heavy (non-hydrogen) atoms. The third kappa shape index (κ3) is 2.10. The van der Waals surface area contributed by atoms with Gasteiger partial charge in [0, 0.05) is 11.5 Å². The van der Waals surface area contributed by atoms with Gasteiger partial charge in [-0.25, -0.2) is 0 Å². The first-order chi connectivity index (χ1) is 6.09. The summed E-state index contributed by atoms with van der Waals surface area (Å²) in [5.41, 5.74) is 1.58. The zero-order valence-corrected chi connectivity index (χ0v) is 8.96. The molecule has 1 nitrogen and oxygen atoms in total. The molecule has 1 rings (SSSR count). The zero-order valence-electron chi connectivity index (χ0n) is 8.96. The van der Waals surface area contributed by atoms with Gasteiger partial charge in [0.15, 0.2) is 0 Å². The number of hydrogen-bond acceptors (Lipinski definition) is 1. The van der Waals surface area contributed by atoms with Gasteiger partial charge in [-0.15, -0.1) is 0 Å². The predicted octanol–water partition coefficient (Wildman–Crippen LogP) is 2.57. The van der Waals surface area contributed by atoms with Gasteiger partial charge in [-0.05, 0) is 19.5 Å². The molecule has 0 heterocycles. The summed E-state index contributed by atoms with van der Waals surface area (Å²) < 4.78 is 0. The van der Waals surface area contributed by atoms with Crippen LogP contribution in [0, 0.1) is 0 Å². The van der Waals surface area contributed by atoms with Gasteiger partial charge >= 0.3 is 0 Å². The molecule has 1 N–H and O–H groups in total. The second-order valence-corrected chi connectivity index (χ2v) is 4.10. The van der Waals surface area contributed by atoms with E-state index in [4.69, 9.17) is 0 Å². The van der Waals surface area contributed by atoms with Crippen molar-refractivity contribution in [2.45, 2.75) is 32.2 Å². The molecule has 0 bridgehead atoms. The highest BCUT2D eigenvalue weighted by atomic mass is 14.9. The van der Waals surface area contributed by atoms with Crippen molar-refractivity contribution in [3.63, 3.8) is 0 Å². The van der Waals surface area contributed by atoms with Crippen LogP contribution >= 0.6 is 0 Å². The van der Waals surface area contributed by atoms with Gasteiger partial charge in [-0.3, -0.25) is 0 Å². The Bertz CT molecular complexity index is 251. The molecule has 0 saturated carbocycles. The summed E-state index contributed by atoms with van der Waals surface area (Å²) in [5.74, 6) is 0. The monoisotopic (exact) mass is 177 g/mol. The van der Waals surface area contributed by atoms with Crippen molar-refractivity contribution in [2.75, 3.05) is 7.05 Å². The molecular weight excluding hydrogens is 158 g/mol. The summed E-state index contributed by atoms with van der Waals surface area (Å²) in [5, 5.41) is 3.30. The van der Waals surface area contributed by atoms with E-state index in [9.17, 15) is 0 Å². The summed E-state index contributed by atoms with van der Waals surface area (Å²) in [6.45, 7) is 6.75. The Balaban J connectivity index is 2.93. The molecule has 72 valence electrons. The second kappa shape index (κ2) is 3.93. The average Bonchev–Trinajstić information content (AvgIpc) is 2.18. The number of nitrogens with one attached hydrogen (secondary N) is 1. The normalized spacial score (nSPS) is 14.2. The molecule has 0 amide bonds. The Morgan fingerprint density at radius 1 is 1.15 bits per heavy atom. The minimum atomic E-state index is 0.190. The Hall–Kier alpha value is -0.820. The molecule has 0 aliphatic carbocycles. The van der Waals surface area contributed by atoms with Crippen LogP contribution in [0.25, 0.3) is 0 Å². The smallest absolute Gasteiger partial charge is 0.0127 e. The fourth-order valence-corrected chi connectivity index (χ4v) is 1.48. The lowest BCUT2D eigenvalue weighted by Crippen LogP contribution is -2.40. The summed E-state index contributed by atoms with van der Waals surface area (Å²) in [6.07, 6.45) is 0. The maximum Gasteiger partial charge on any atom is 0.0127 e. The lowest BCUT2D eigenvalue weighted by Gasteiger charge is -2.32. The summed E-state index contributed by atoms with van der Waals surface area (Å²) in [6, 6.07) is 11.1. The molecule has 1 heteroatoms. The molecule has 0 saturated heterocycles. The molecule has 1 atom stereocenters. The topological polar surface area (TPSA) is 12.0 Å². The van der Waals surface area contributed by atoms with Crippen molar-refractivity contribution < 1.29 is 0 Å². The first-order valence-electron chi connectivity index (χ1n) is 4.82. The average molecular weight is 177 g/mol. The fourth-order valence-electron chi connectivity index (χ4n) is 1.48. The van der Waals surface area contributed by atoms with Crippen LogP contribution in [0.4, 0.5) is 0 Å². The number of rotatable bonds is 3. The van der Waals surface area contributed by atoms with Gasteiger partial charge in [-0.2, -0.15) is 0 Å². The van der Waals surface area contributed by atoms with Gasteiger partial charge in [-0.1, -0.05) is 44.2 Å².